The molecule has 1 aromatic rings. The summed E-state index contributed by atoms with van der Waals surface area (Å²) in [5.74, 6) is 0. The second kappa shape index (κ2) is 7.09. The lowest BCUT2D eigenvalue weighted by atomic mass is 9.75. The van der Waals surface area contributed by atoms with Crippen molar-refractivity contribution in [1.82, 2.24) is 5.32 Å². The standard InChI is InChI=1S/C18H29N/c1-3-10-17(16-11-6-4-7-12-16)19-15-18(2)13-8-5-9-14-18/h4,6-7,11-12,17,19H,3,5,8-10,13-15H2,1-2H3. The zero-order valence-electron chi connectivity index (χ0n) is 12.6. The second-order valence-electron chi connectivity index (χ2n) is 6.50. The molecule has 1 heteroatoms. The molecule has 0 bridgehead atoms. The Bertz CT molecular complexity index is 351. The number of hydrogen-bond donors (Lipinski definition) is 1. The van der Waals surface area contributed by atoms with Gasteiger partial charge in [-0.1, -0.05) is 69.9 Å². The van der Waals surface area contributed by atoms with Crippen molar-refractivity contribution in [3.05, 3.63) is 35.9 Å². The highest BCUT2D eigenvalue weighted by atomic mass is 14.9. The van der Waals surface area contributed by atoms with Crippen LogP contribution in [0.5, 0.6) is 0 Å². The molecule has 1 aliphatic rings. The molecule has 2 rings (SSSR count). The first kappa shape index (κ1) is 14.6. The summed E-state index contributed by atoms with van der Waals surface area (Å²) in [6.07, 6.45) is 9.54. The molecule has 0 radical (unpaired) electrons. The third kappa shape index (κ3) is 4.35. The third-order valence-corrected chi connectivity index (χ3v) is 4.62. The van der Waals surface area contributed by atoms with Crippen LogP contribution in [0.4, 0.5) is 0 Å². The summed E-state index contributed by atoms with van der Waals surface area (Å²) in [4.78, 5) is 0. The van der Waals surface area contributed by atoms with Gasteiger partial charge in [-0.05, 0) is 30.2 Å². The molecule has 1 saturated carbocycles. The highest BCUT2D eigenvalue weighted by molar-refractivity contribution is 5.18. The van der Waals surface area contributed by atoms with E-state index in [0.717, 1.165) is 0 Å². The lowest BCUT2D eigenvalue weighted by Gasteiger charge is -2.35. The molecule has 1 unspecified atom stereocenters. The summed E-state index contributed by atoms with van der Waals surface area (Å²) in [6.45, 7) is 5.92. The predicted octanol–water partition coefficient (Wildman–Crippen LogP) is 5.09. The molecule has 0 amide bonds. The molecule has 0 aliphatic heterocycles. The van der Waals surface area contributed by atoms with Gasteiger partial charge in [-0.15, -0.1) is 0 Å². The van der Waals surface area contributed by atoms with Gasteiger partial charge in [0.15, 0.2) is 0 Å². The molecule has 1 aromatic carbocycles. The van der Waals surface area contributed by atoms with Gasteiger partial charge in [-0.2, -0.15) is 0 Å². The fraction of sp³-hybridized carbons (Fsp3) is 0.667. The average molecular weight is 259 g/mol. The van der Waals surface area contributed by atoms with Crippen LogP contribution in [-0.4, -0.2) is 6.54 Å². The van der Waals surface area contributed by atoms with Crippen molar-refractivity contribution in [2.75, 3.05) is 6.54 Å². The number of benzene rings is 1. The molecule has 1 atom stereocenters. The lowest BCUT2D eigenvalue weighted by molar-refractivity contribution is 0.198. The molecular formula is C18H29N. The van der Waals surface area contributed by atoms with E-state index in [1.165, 1.54) is 57.1 Å². The van der Waals surface area contributed by atoms with Crippen LogP contribution in [0.3, 0.4) is 0 Å². The summed E-state index contributed by atoms with van der Waals surface area (Å²) < 4.78 is 0. The average Bonchev–Trinajstić information content (AvgIpc) is 2.45. The van der Waals surface area contributed by atoms with E-state index < -0.39 is 0 Å². The van der Waals surface area contributed by atoms with Gasteiger partial charge in [-0.25, -0.2) is 0 Å². The third-order valence-electron chi connectivity index (χ3n) is 4.62. The maximum atomic E-state index is 3.85. The SMILES string of the molecule is CCCC(NCC1(C)CCCCC1)c1ccccc1. The minimum Gasteiger partial charge on any atom is -0.309 e. The van der Waals surface area contributed by atoms with Crippen molar-refractivity contribution < 1.29 is 0 Å². The molecule has 1 fully saturated rings. The quantitative estimate of drug-likeness (QED) is 0.750. The zero-order valence-corrected chi connectivity index (χ0v) is 12.6. The van der Waals surface area contributed by atoms with Crippen LogP contribution in [0.25, 0.3) is 0 Å². The van der Waals surface area contributed by atoms with Crippen molar-refractivity contribution in [3.63, 3.8) is 0 Å². The van der Waals surface area contributed by atoms with Crippen molar-refractivity contribution in [3.8, 4) is 0 Å². The predicted molar refractivity (Wildman–Crippen MR) is 83.3 cm³/mol. The summed E-state index contributed by atoms with van der Waals surface area (Å²) in [5, 5.41) is 3.85. The minimum atomic E-state index is 0.527. The Balaban J connectivity index is 1.93. The first-order valence-electron chi connectivity index (χ1n) is 8.02. The smallest absolute Gasteiger partial charge is 0.0320 e. The number of nitrogens with one attached hydrogen (secondary N) is 1. The van der Waals surface area contributed by atoms with Crippen LogP contribution in [0.1, 0.15) is 70.4 Å². The minimum absolute atomic E-state index is 0.527. The Morgan fingerprint density at radius 1 is 1.11 bits per heavy atom. The Hall–Kier alpha value is -0.820. The van der Waals surface area contributed by atoms with E-state index in [-0.39, 0.29) is 0 Å². The van der Waals surface area contributed by atoms with E-state index in [2.05, 4.69) is 49.5 Å². The summed E-state index contributed by atoms with van der Waals surface area (Å²) in [5.41, 5.74) is 1.97. The summed E-state index contributed by atoms with van der Waals surface area (Å²) in [6, 6.07) is 11.5. The maximum absolute atomic E-state index is 3.85. The van der Waals surface area contributed by atoms with E-state index in [0.29, 0.717) is 11.5 Å². The van der Waals surface area contributed by atoms with Gasteiger partial charge in [0, 0.05) is 12.6 Å². The Labute approximate surface area is 118 Å². The van der Waals surface area contributed by atoms with Gasteiger partial charge in [0.25, 0.3) is 0 Å². The van der Waals surface area contributed by atoms with E-state index in [4.69, 9.17) is 0 Å². The molecule has 19 heavy (non-hydrogen) atoms. The van der Waals surface area contributed by atoms with E-state index in [1.807, 2.05) is 0 Å². The summed E-state index contributed by atoms with van der Waals surface area (Å²) in [7, 11) is 0. The molecule has 0 heterocycles. The van der Waals surface area contributed by atoms with Gasteiger partial charge < -0.3 is 5.32 Å². The molecule has 1 N–H and O–H groups in total. The topological polar surface area (TPSA) is 12.0 Å². The fourth-order valence-electron chi connectivity index (χ4n) is 3.31. The van der Waals surface area contributed by atoms with Crippen LogP contribution >= 0.6 is 0 Å². The van der Waals surface area contributed by atoms with E-state index in [9.17, 15) is 0 Å². The molecule has 0 spiro atoms. The molecular weight excluding hydrogens is 230 g/mol. The number of hydrogen-bond acceptors (Lipinski definition) is 1. The highest BCUT2D eigenvalue weighted by Gasteiger charge is 2.27. The van der Waals surface area contributed by atoms with Crippen LogP contribution in [0.15, 0.2) is 30.3 Å². The van der Waals surface area contributed by atoms with Crippen LogP contribution in [-0.2, 0) is 0 Å². The maximum Gasteiger partial charge on any atom is 0.0320 e. The Morgan fingerprint density at radius 2 is 1.79 bits per heavy atom. The van der Waals surface area contributed by atoms with Crippen molar-refractivity contribution in [1.29, 1.82) is 0 Å². The fourth-order valence-corrected chi connectivity index (χ4v) is 3.31. The van der Waals surface area contributed by atoms with Crippen LogP contribution in [0.2, 0.25) is 0 Å². The Morgan fingerprint density at radius 3 is 2.42 bits per heavy atom. The molecule has 0 saturated heterocycles. The van der Waals surface area contributed by atoms with Crippen LogP contribution in [0, 0.1) is 5.41 Å². The van der Waals surface area contributed by atoms with Gasteiger partial charge in [-0.3, -0.25) is 0 Å². The molecule has 1 aliphatic carbocycles. The first-order chi connectivity index (χ1) is 9.23. The van der Waals surface area contributed by atoms with Gasteiger partial charge in [0.05, 0.1) is 0 Å². The van der Waals surface area contributed by atoms with Crippen molar-refractivity contribution >= 4 is 0 Å². The largest absolute Gasteiger partial charge is 0.309 e. The van der Waals surface area contributed by atoms with Gasteiger partial charge in [0.2, 0.25) is 0 Å². The van der Waals surface area contributed by atoms with Gasteiger partial charge >= 0.3 is 0 Å². The molecule has 106 valence electrons. The van der Waals surface area contributed by atoms with E-state index >= 15 is 0 Å². The van der Waals surface area contributed by atoms with E-state index in [1.54, 1.807) is 0 Å². The Kier molecular flexibility index (Phi) is 5.45. The molecule has 0 aromatic heterocycles. The summed E-state index contributed by atoms with van der Waals surface area (Å²) >= 11 is 0. The van der Waals surface area contributed by atoms with Crippen molar-refractivity contribution in [2.24, 2.45) is 5.41 Å². The lowest BCUT2D eigenvalue weighted by Crippen LogP contribution is -2.35. The normalized spacial score (nSPS) is 20.1. The molecule has 1 nitrogen and oxygen atoms in total. The first-order valence-corrected chi connectivity index (χ1v) is 8.02. The second-order valence-corrected chi connectivity index (χ2v) is 6.50. The van der Waals surface area contributed by atoms with Crippen molar-refractivity contribution in [2.45, 2.75) is 64.8 Å². The van der Waals surface area contributed by atoms with Gasteiger partial charge in [0.1, 0.15) is 0 Å². The monoisotopic (exact) mass is 259 g/mol. The number of rotatable bonds is 6. The van der Waals surface area contributed by atoms with Crippen LogP contribution < -0.4 is 5.32 Å². The highest BCUT2D eigenvalue weighted by Crippen LogP contribution is 2.35. The zero-order chi connectivity index (χ0) is 13.6.